The summed E-state index contributed by atoms with van der Waals surface area (Å²) >= 11 is 0. The number of hydrogen-bond acceptors (Lipinski definition) is 2. The second-order valence-electron chi connectivity index (χ2n) is 7.94. The predicted molar refractivity (Wildman–Crippen MR) is 81.7 cm³/mol. The molecular formula is C16H28O2Si. The maximum absolute atomic E-state index is 11.7. The summed E-state index contributed by atoms with van der Waals surface area (Å²) in [6.07, 6.45) is 9.90. The van der Waals surface area contributed by atoms with Gasteiger partial charge in [0.2, 0.25) is 0 Å². The van der Waals surface area contributed by atoms with Crippen LogP contribution in [0.2, 0.25) is 18.1 Å². The fourth-order valence-electron chi connectivity index (χ4n) is 3.28. The molecule has 1 saturated carbocycles. The number of rotatable bonds is 4. The Kier molecular flexibility index (Phi) is 3.59. The Labute approximate surface area is 118 Å². The Morgan fingerprint density at radius 2 is 2.00 bits per heavy atom. The van der Waals surface area contributed by atoms with Crippen LogP contribution in [-0.4, -0.2) is 21.2 Å². The van der Waals surface area contributed by atoms with Gasteiger partial charge in [-0.05, 0) is 37.4 Å². The molecule has 2 aliphatic rings. The van der Waals surface area contributed by atoms with Crippen molar-refractivity contribution >= 4 is 14.6 Å². The van der Waals surface area contributed by atoms with Crippen molar-refractivity contribution in [1.82, 2.24) is 0 Å². The molecule has 2 aliphatic carbocycles. The molecule has 2 nitrogen and oxygen atoms in total. The van der Waals surface area contributed by atoms with E-state index in [0.29, 0.717) is 0 Å². The highest BCUT2D eigenvalue weighted by Gasteiger charge is 2.56. The Balaban J connectivity index is 2.15. The van der Waals surface area contributed by atoms with Crippen LogP contribution in [-0.2, 0) is 9.22 Å². The van der Waals surface area contributed by atoms with Crippen molar-refractivity contribution in [1.29, 1.82) is 0 Å². The minimum atomic E-state index is -1.73. The van der Waals surface area contributed by atoms with Gasteiger partial charge < -0.3 is 9.22 Å². The zero-order chi connectivity index (χ0) is 14.4. The lowest BCUT2D eigenvalue weighted by Crippen LogP contribution is -2.46. The van der Waals surface area contributed by atoms with Gasteiger partial charge in [0.25, 0.3) is 0 Å². The summed E-state index contributed by atoms with van der Waals surface area (Å²) in [7, 11) is -1.73. The van der Waals surface area contributed by atoms with Gasteiger partial charge in [0.05, 0.1) is 0 Å². The average Bonchev–Trinajstić information content (AvgIpc) is 2.79. The molecule has 3 heteroatoms. The number of fused-ring (bicyclic) bond motifs is 1. The Morgan fingerprint density at radius 3 is 2.58 bits per heavy atom. The number of allylic oxidation sites excluding steroid dienone is 1. The van der Waals surface area contributed by atoms with Crippen LogP contribution in [0.15, 0.2) is 12.2 Å². The summed E-state index contributed by atoms with van der Waals surface area (Å²) < 4.78 is 6.44. The number of hydrogen-bond donors (Lipinski definition) is 0. The Morgan fingerprint density at radius 1 is 1.32 bits per heavy atom. The SMILES string of the molecule is CC(C)(C)[Si](C)(C)OC[C@]12C=CC[C@@]1(C=O)CCC2. The van der Waals surface area contributed by atoms with Gasteiger partial charge in [-0.1, -0.05) is 39.3 Å². The normalized spacial score (nSPS) is 34.6. The van der Waals surface area contributed by atoms with Crippen molar-refractivity contribution in [3.05, 3.63) is 12.2 Å². The summed E-state index contributed by atoms with van der Waals surface area (Å²) in [6, 6.07) is 0. The highest BCUT2D eigenvalue weighted by Crippen LogP contribution is 2.59. The minimum absolute atomic E-state index is 0.00965. The van der Waals surface area contributed by atoms with E-state index in [0.717, 1.165) is 32.3 Å². The molecule has 19 heavy (non-hydrogen) atoms. The van der Waals surface area contributed by atoms with Crippen LogP contribution in [0, 0.1) is 10.8 Å². The van der Waals surface area contributed by atoms with E-state index in [-0.39, 0.29) is 15.9 Å². The van der Waals surface area contributed by atoms with Gasteiger partial charge in [-0.2, -0.15) is 0 Å². The molecule has 0 amide bonds. The molecule has 2 atom stereocenters. The lowest BCUT2D eigenvalue weighted by Gasteiger charge is -2.42. The second kappa shape index (κ2) is 4.56. The second-order valence-corrected chi connectivity index (χ2v) is 12.7. The molecule has 0 spiro atoms. The monoisotopic (exact) mass is 280 g/mol. The van der Waals surface area contributed by atoms with Crippen molar-refractivity contribution in [2.45, 2.75) is 64.6 Å². The largest absolute Gasteiger partial charge is 0.416 e. The topological polar surface area (TPSA) is 26.3 Å². The molecular weight excluding hydrogens is 252 g/mol. The lowest BCUT2D eigenvalue weighted by atomic mass is 9.69. The zero-order valence-electron chi connectivity index (χ0n) is 13.1. The predicted octanol–water partition coefficient (Wildman–Crippen LogP) is 4.32. The van der Waals surface area contributed by atoms with Gasteiger partial charge in [-0.25, -0.2) is 0 Å². The molecule has 0 aromatic heterocycles. The fourth-order valence-corrected chi connectivity index (χ4v) is 4.33. The van der Waals surface area contributed by atoms with E-state index < -0.39 is 8.32 Å². The molecule has 0 N–H and O–H groups in total. The molecule has 0 aromatic carbocycles. The molecule has 0 aromatic rings. The van der Waals surface area contributed by atoms with Crippen molar-refractivity contribution in [2.75, 3.05) is 6.61 Å². The van der Waals surface area contributed by atoms with E-state index >= 15 is 0 Å². The van der Waals surface area contributed by atoms with E-state index in [2.05, 4.69) is 46.0 Å². The van der Waals surface area contributed by atoms with Crippen LogP contribution in [0.5, 0.6) is 0 Å². The third-order valence-electron chi connectivity index (χ3n) is 5.88. The summed E-state index contributed by atoms with van der Waals surface area (Å²) in [5.74, 6) is 0. The van der Waals surface area contributed by atoms with Crippen LogP contribution in [0.1, 0.15) is 46.5 Å². The molecule has 1 fully saturated rings. The maximum Gasteiger partial charge on any atom is 0.192 e. The molecule has 108 valence electrons. The number of carbonyl (C=O) groups is 1. The fraction of sp³-hybridized carbons (Fsp3) is 0.812. The van der Waals surface area contributed by atoms with Crippen LogP contribution >= 0.6 is 0 Å². The van der Waals surface area contributed by atoms with Crippen LogP contribution in [0.25, 0.3) is 0 Å². The first-order valence-electron chi connectivity index (χ1n) is 7.46. The molecule has 0 bridgehead atoms. The van der Waals surface area contributed by atoms with Gasteiger partial charge in [-0.3, -0.25) is 0 Å². The van der Waals surface area contributed by atoms with Crippen molar-refractivity contribution in [2.24, 2.45) is 10.8 Å². The lowest BCUT2D eigenvalue weighted by molar-refractivity contribution is -0.120. The molecule has 0 radical (unpaired) electrons. The third kappa shape index (κ3) is 2.25. The van der Waals surface area contributed by atoms with E-state index in [9.17, 15) is 4.79 Å². The van der Waals surface area contributed by atoms with Gasteiger partial charge >= 0.3 is 0 Å². The minimum Gasteiger partial charge on any atom is -0.416 e. The van der Waals surface area contributed by atoms with E-state index in [4.69, 9.17) is 4.43 Å². The Hall–Kier alpha value is -0.413. The Bertz CT molecular complexity index is 394. The average molecular weight is 280 g/mol. The summed E-state index contributed by atoms with van der Waals surface area (Å²) in [6.45, 7) is 12.1. The maximum atomic E-state index is 11.7. The molecule has 0 unspecified atom stereocenters. The van der Waals surface area contributed by atoms with Gasteiger partial charge in [0, 0.05) is 17.4 Å². The molecule has 0 saturated heterocycles. The third-order valence-corrected chi connectivity index (χ3v) is 10.4. The van der Waals surface area contributed by atoms with Crippen LogP contribution in [0.4, 0.5) is 0 Å². The van der Waals surface area contributed by atoms with E-state index in [1.807, 2.05) is 0 Å². The van der Waals surface area contributed by atoms with Gasteiger partial charge in [0.15, 0.2) is 8.32 Å². The summed E-state index contributed by atoms with van der Waals surface area (Å²) in [5.41, 5.74) is -0.167. The van der Waals surface area contributed by atoms with Gasteiger partial charge in [-0.15, -0.1) is 0 Å². The molecule has 0 aliphatic heterocycles. The first-order valence-corrected chi connectivity index (χ1v) is 10.4. The first kappa shape index (κ1) is 15.0. The first-order chi connectivity index (χ1) is 8.68. The quantitative estimate of drug-likeness (QED) is 0.435. The van der Waals surface area contributed by atoms with E-state index in [1.165, 1.54) is 6.29 Å². The van der Waals surface area contributed by atoms with Crippen molar-refractivity contribution < 1.29 is 9.22 Å². The van der Waals surface area contributed by atoms with Gasteiger partial charge in [0.1, 0.15) is 6.29 Å². The van der Waals surface area contributed by atoms with E-state index in [1.54, 1.807) is 0 Å². The van der Waals surface area contributed by atoms with Crippen LogP contribution < -0.4 is 0 Å². The summed E-state index contributed by atoms with van der Waals surface area (Å²) in [4.78, 5) is 11.7. The summed E-state index contributed by atoms with van der Waals surface area (Å²) in [5, 5.41) is 0.231. The standard InChI is InChI=1S/C16H28O2Si/c1-14(2,3)19(4,5)18-13-16-10-6-8-15(16,12-17)9-7-11-16/h6,10,12H,7-9,11,13H2,1-5H3/t15-,16+/m0/s1. The van der Waals surface area contributed by atoms with Crippen molar-refractivity contribution in [3.8, 4) is 0 Å². The number of carbonyl (C=O) groups excluding carboxylic acids is 1. The van der Waals surface area contributed by atoms with Crippen molar-refractivity contribution in [3.63, 3.8) is 0 Å². The smallest absolute Gasteiger partial charge is 0.192 e. The highest BCUT2D eigenvalue weighted by molar-refractivity contribution is 6.74. The molecule has 0 heterocycles. The zero-order valence-corrected chi connectivity index (χ0v) is 14.1. The van der Waals surface area contributed by atoms with Crippen LogP contribution in [0.3, 0.4) is 0 Å². The molecule has 2 rings (SSSR count). The number of aldehydes is 1. The highest BCUT2D eigenvalue weighted by atomic mass is 28.4.